The molecule has 3 aliphatic rings. The van der Waals surface area contributed by atoms with Crippen LogP contribution in [0.4, 0.5) is 5.00 Å². The number of fused-ring (bicyclic) bond motifs is 3. The molecular formula is C17H25N3S. The number of hydrogen-bond acceptors (Lipinski definition) is 4. The lowest BCUT2D eigenvalue weighted by Crippen LogP contribution is -2.42. The molecular weight excluding hydrogens is 278 g/mol. The van der Waals surface area contributed by atoms with Crippen LogP contribution >= 0.6 is 11.3 Å². The van der Waals surface area contributed by atoms with Gasteiger partial charge in [0.1, 0.15) is 11.2 Å². The highest BCUT2D eigenvalue weighted by atomic mass is 32.1. The van der Waals surface area contributed by atoms with Crippen molar-refractivity contribution in [2.24, 2.45) is 4.99 Å². The number of nitrogens with one attached hydrogen (secondary N) is 1. The molecule has 0 radical (unpaired) electrons. The fourth-order valence-corrected chi connectivity index (χ4v) is 5.52. The van der Waals surface area contributed by atoms with E-state index < -0.39 is 0 Å². The van der Waals surface area contributed by atoms with Gasteiger partial charge < -0.3 is 5.32 Å². The summed E-state index contributed by atoms with van der Waals surface area (Å²) in [7, 11) is 0. The Balaban J connectivity index is 1.72. The van der Waals surface area contributed by atoms with Gasteiger partial charge >= 0.3 is 0 Å². The Kier molecular flexibility index (Phi) is 3.76. The average Bonchev–Trinajstić information content (AvgIpc) is 2.93. The maximum absolute atomic E-state index is 4.87. The second-order valence-corrected chi connectivity index (χ2v) is 7.65. The van der Waals surface area contributed by atoms with Crippen LogP contribution in [0.2, 0.25) is 0 Å². The van der Waals surface area contributed by atoms with Gasteiger partial charge in [-0.25, -0.2) is 0 Å². The van der Waals surface area contributed by atoms with E-state index in [2.05, 4.69) is 17.1 Å². The standard InChI is InChI=1S/C17H25N3S/c1-2-12-7-5-6-10-20(12)16-15-13-8-3-4-9-14(13)21-17(15)19-11-18-16/h11-12,16H,2-10H2,1H3,(H,18,19)/t12-,16-/m1/s1. The Morgan fingerprint density at radius 3 is 3.10 bits per heavy atom. The topological polar surface area (TPSA) is 27.6 Å². The molecule has 0 amide bonds. The summed E-state index contributed by atoms with van der Waals surface area (Å²) in [5.41, 5.74) is 3.16. The predicted octanol–water partition coefficient (Wildman–Crippen LogP) is 4.34. The maximum Gasteiger partial charge on any atom is 0.133 e. The number of rotatable bonds is 2. The summed E-state index contributed by atoms with van der Waals surface area (Å²) in [5, 5.41) is 4.80. The normalized spacial score (nSPS) is 28.8. The second kappa shape index (κ2) is 5.73. The summed E-state index contributed by atoms with van der Waals surface area (Å²) in [6.07, 6.45) is 12.8. The lowest BCUT2D eigenvalue weighted by atomic mass is 9.92. The zero-order chi connectivity index (χ0) is 14.2. The number of aryl methyl sites for hydroxylation is 1. The number of piperidine rings is 1. The van der Waals surface area contributed by atoms with Crippen molar-refractivity contribution in [3.8, 4) is 0 Å². The van der Waals surface area contributed by atoms with Gasteiger partial charge in [-0.15, -0.1) is 11.3 Å². The number of hydrogen-bond donors (Lipinski definition) is 1. The molecule has 2 aliphatic heterocycles. The van der Waals surface area contributed by atoms with Crippen LogP contribution in [-0.4, -0.2) is 23.8 Å². The van der Waals surface area contributed by atoms with Crippen LogP contribution in [0.25, 0.3) is 0 Å². The van der Waals surface area contributed by atoms with Crippen LogP contribution in [0.15, 0.2) is 4.99 Å². The van der Waals surface area contributed by atoms with E-state index in [0.29, 0.717) is 6.04 Å². The lowest BCUT2D eigenvalue weighted by Gasteiger charge is -2.40. The fourth-order valence-electron chi connectivity index (χ4n) is 4.25. The average molecular weight is 303 g/mol. The van der Waals surface area contributed by atoms with Crippen LogP contribution in [0, 0.1) is 0 Å². The molecule has 3 nitrogen and oxygen atoms in total. The monoisotopic (exact) mass is 303 g/mol. The predicted molar refractivity (Wildman–Crippen MR) is 90.5 cm³/mol. The van der Waals surface area contributed by atoms with Crippen molar-refractivity contribution in [2.75, 3.05) is 11.9 Å². The molecule has 2 atom stereocenters. The molecule has 4 rings (SSSR count). The first-order valence-corrected chi connectivity index (χ1v) is 9.38. The van der Waals surface area contributed by atoms with Gasteiger partial charge in [-0.2, -0.15) is 0 Å². The summed E-state index contributed by atoms with van der Waals surface area (Å²) in [4.78, 5) is 9.18. The molecule has 1 aromatic heterocycles. The van der Waals surface area contributed by atoms with Crippen molar-refractivity contribution in [3.05, 3.63) is 16.0 Å². The summed E-state index contributed by atoms with van der Waals surface area (Å²) in [5.74, 6) is 0. The zero-order valence-corrected chi connectivity index (χ0v) is 13.7. The molecule has 1 saturated heterocycles. The van der Waals surface area contributed by atoms with Gasteiger partial charge in [0, 0.05) is 23.0 Å². The first-order valence-electron chi connectivity index (χ1n) is 8.57. The van der Waals surface area contributed by atoms with Gasteiger partial charge in [0.05, 0.1) is 6.34 Å². The third kappa shape index (κ3) is 2.33. The van der Waals surface area contributed by atoms with Crippen molar-refractivity contribution >= 4 is 22.7 Å². The number of aliphatic imine (C=N–C) groups is 1. The lowest BCUT2D eigenvalue weighted by molar-refractivity contribution is 0.0951. The van der Waals surface area contributed by atoms with Crippen molar-refractivity contribution in [1.82, 2.24) is 4.90 Å². The third-order valence-electron chi connectivity index (χ3n) is 5.34. The fraction of sp³-hybridized carbons (Fsp3) is 0.706. The molecule has 0 unspecified atom stereocenters. The minimum absolute atomic E-state index is 0.282. The van der Waals surface area contributed by atoms with E-state index in [4.69, 9.17) is 4.99 Å². The van der Waals surface area contributed by atoms with E-state index >= 15 is 0 Å². The molecule has 1 aliphatic carbocycles. The van der Waals surface area contributed by atoms with Gasteiger partial charge in [-0.05, 0) is 50.5 Å². The van der Waals surface area contributed by atoms with Crippen molar-refractivity contribution in [1.29, 1.82) is 0 Å². The number of likely N-dealkylation sites (tertiary alicyclic amines) is 1. The Labute approximate surface area is 131 Å². The highest BCUT2D eigenvalue weighted by Gasteiger charge is 2.35. The van der Waals surface area contributed by atoms with Crippen LogP contribution < -0.4 is 5.32 Å². The SMILES string of the molecule is CC[C@@H]1CCCCN1[C@H]1N=CNc2sc3c(c21)CCCC3. The van der Waals surface area contributed by atoms with Gasteiger partial charge in [0.15, 0.2) is 0 Å². The summed E-state index contributed by atoms with van der Waals surface area (Å²) in [6, 6.07) is 0.714. The highest BCUT2D eigenvalue weighted by molar-refractivity contribution is 7.16. The van der Waals surface area contributed by atoms with E-state index in [-0.39, 0.29) is 6.17 Å². The smallest absolute Gasteiger partial charge is 0.133 e. The van der Waals surface area contributed by atoms with Crippen molar-refractivity contribution < 1.29 is 0 Å². The molecule has 4 heteroatoms. The number of anilines is 1. The second-order valence-electron chi connectivity index (χ2n) is 6.55. The van der Waals surface area contributed by atoms with Crippen LogP contribution in [0.1, 0.15) is 67.6 Å². The van der Waals surface area contributed by atoms with Crippen molar-refractivity contribution in [3.63, 3.8) is 0 Å². The van der Waals surface area contributed by atoms with Crippen LogP contribution in [0.5, 0.6) is 0 Å². The van der Waals surface area contributed by atoms with E-state index in [1.165, 1.54) is 68.5 Å². The Morgan fingerprint density at radius 2 is 2.19 bits per heavy atom. The Bertz CT molecular complexity index is 548. The quantitative estimate of drug-likeness (QED) is 0.880. The highest BCUT2D eigenvalue weighted by Crippen LogP contribution is 2.46. The van der Waals surface area contributed by atoms with E-state index in [9.17, 15) is 0 Å². The number of nitrogens with zero attached hydrogens (tertiary/aromatic N) is 2. The molecule has 3 heterocycles. The van der Waals surface area contributed by atoms with Gasteiger partial charge in [0.25, 0.3) is 0 Å². The van der Waals surface area contributed by atoms with Gasteiger partial charge in [-0.3, -0.25) is 9.89 Å². The van der Waals surface area contributed by atoms with Gasteiger partial charge in [-0.1, -0.05) is 13.3 Å². The van der Waals surface area contributed by atoms with E-state index in [0.717, 1.165) is 0 Å². The molecule has 0 saturated carbocycles. The van der Waals surface area contributed by atoms with Crippen LogP contribution in [-0.2, 0) is 12.8 Å². The maximum atomic E-state index is 4.87. The Hall–Kier alpha value is -0.870. The van der Waals surface area contributed by atoms with Crippen molar-refractivity contribution in [2.45, 2.75) is 70.5 Å². The Morgan fingerprint density at radius 1 is 1.29 bits per heavy atom. The summed E-state index contributed by atoms with van der Waals surface area (Å²) in [6.45, 7) is 3.54. The molecule has 1 fully saturated rings. The molecule has 114 valence electrons. The first kappa shape index (κ1) is 13.8. The van der Waals surface area contributed by atoms with Crippen LogP contribution in [0.3, 0.4) is 0 Å². The molecule has 0 bridgehead atoms. The minimum atomic E-state index is 0.282. The first-order chi connectivity index (χ1) is 10.4. The number of thiophene rings is 1. The van der Waals surface area contributed by atoms with E-state index in [1.807, 2.05) is 17.7 Å². The minimum Gasteiger partial charge on any atom is -0.338 e. The third-order valence-corrected chi connectivity index (χ3v) is 6.58. The molecule has 0 aromatic carbocycles. The largest absolute Gasteiger partial charge is 0.338 e. The molecule has 21 heavy (non-hydrogen) atoms. The summed E-state index contributed by atoms with van der Waals surface area (Å²) < 4.78 is 0. The molecule has 0 spiro atoms. The zero-order valence-electron chi connectivity index (χ0n) is 12.9. The molecule has 1 aromatic rings. The summed E-state index contributed by atoms with van der Waals surface area (Å²) >= 11 is 1.99. The van der Waals surface area contributed by atoms with E-state index in [1.54, 1.807) is 10.4 Å². The molecule has 1 N–H and O–H groups in total. The van der Waals surface area contributed by atoms with Gasteiger partial charge in [0.2, 0.25) is 0 Å².